The van der Waals surface area contributed by atoms with Crippen LogP contribution in [0.3, 0.4) is 0 Å². The molecule has 0 radical (unpaired) electrons. The topological polar surface area (TPSA) is 87.5 Å². The first-order chi connectivity index (χ1) is 10.8. The van der Waals surface area contributed by atoms with E-state index in [1.165, 1.54) is 0 Å². The zero-order valence-corrected chi connectivity index (χ0v) is 14.3. The summed E-state index contributed by atoms with van der Waals surface area (Å²) in [5.74, 6) is -0.0131. The van der Waals surface area contributed by atoms with Gasteiger partial charge in [0, 0.05) is 32.1 Å². The van der Waals surface area contributed by atoms with Crippen molar-refractivity contribution < 1.29 is 9.59 Å². The number of nitrogens with two attached hydrogens (primary N) is 1. The largest absolute Gasteiger partial charge is 0.372 e. The predicted molar refractivity (Wildman–Crippen MR) is 92.7 cm³/mol. The van der Waals surface area contributed by atoms with Crippen molar-refractivity contribution in [3.63, 3.8) is 0 Å². The lowest BCUT2D eigenvalue weighted by Crippen LogP contribution is -2.55. The Hall–Kier alpha value is -2.08. The molecule has 23 heavy (non-hydrogen) atoms. The molecule has 1 heterocycles. The van der Waals surface area contributed by atoms with Crippen LogP contribution in [0.25, 0.3) is 0 Å². The summed E-state index contributed by atoms with van der Waals surface area (Å²) in [5.41, 5.74) is 7.45. The van der Waals surface area contributed by atoms with E-state index in [2.05, 4.69) is 10.6 Å². The number of nitrogens with one attached hydrogen (secondary N) is 2. The second kappa shape index (κ2) is 6.58. The van der Waals surface area contributed by atoms with Crippen LogP contribution in [0.4, 0.5) is 11.4 Å². The molecule has 0 bridgehead atoms. The Balaban J connectivity index is 2.28. The van der Waals surface area contributed by atoms with Crippen LogP contribution in [0, 0.1) is 5.92 Å². The lowest BCUT2D eigenvalue weighted by atomic mass is 9.88. The lowest BCUT2D eigenvalue weighted by Gasteiger charge is -2.33. The van der Waals surface area contributed by atoms with E-state index in [9.17, 15) is 9.59 Å². The highest BCUT2D eigenvalue weighted by Gasteiger charge is 2.29. The fourth-order valence-corrected chi connectivity index (χ4v) is 2.48. The molecule has 1 aliphatic rings. The maximum Gasteiger partial charge on any atom is 0.251 e. The number of rotatable bonds is 4. The summed E-state index contributed by atoms with van der Waals surface area (Å²) in [4.78, 5) is 26.4. The molecule has 4 N–H and O–H groups in total. The van der Waals surface area contributed by atoms with E-state index in [0.717, 1.165) is 5.69 Å². The van der Waals surface area contributed by atoms with Crippen LogP contribution in [-0.4, -0.2) is 37.5 Å². The van der Waals surface area contributed by atoms with E-state index in [-0.39, 0.29) is 17.7 Å². The Kier molecular flexibility index (Phi) is 4.94. The van der Waals surface area contributed by atoms with Crippen LogP contribution >= 0.6 is 0 Å². The van der Waals surface area contributed by atoms with Gasteiger partial charge in [0.1, 0.15) is 0 Å². The van der Waals surface area contributed by atoms with Gasteiger partial charge in [-0.3, -0.25) is 9.59 Å². The first-order valence-corrected chi connectivity index (χ1v) is 7.94. The van der Waals surface area contributed by atoms with Gasteiger partial charge in [-0.25, -0.2) is 0 Å². The third kappa shape index (κ3) is 3.64. The maximum absolute atomic E-state index is 12.6. The minimum absolute atomic E-state index is 0.0397. The summed E-state index contributed by atoms with van der Waals surface area (Å²) in [6.07, 6.45) is 0.436. The second-order valence-electron chi connectivity index (χ2n) is 6.68. The van der Waals surface area contributed by atoms with Gasteiger partial charge in [0.25, 0.3) is 5.91 Å². The second-order valence-corrected chi connectivity index (χ2v) is 6.68. The van der Waals surface area contributed by atoms with Crippen LogP contribution in [-0.2, 0) is 4.79 Å². The molecule has 126 valence electrons. The molecule has 1 aromatic carbocycles. The first-order valence-electron chi connectivity index (χ1n) is 7.94. The molecule has 0 spiro atoms. The minimum Gasteiger partial charge on any atom is -0.372 e. The molecular formula is C17H26N4O2. The van der Waals surface area contributed by atoms with Gasteiger partial charge in [-0.05, 0) is 31.0 Å². The van der Waals surface area contributed by atoms with Crippen LogP contribution in [0.1, 0.15) is 37.6 Å². The number of nitrogens with zero attached hydrogens (tertiary/aromatic N) is 1. The number of carbonyl (C=O) groups excluding carboxylic acids is 2. The summed E-state index contributed by atoms with van der Waals surface area (Å²) < 4.78 is 0. The number of carbonyl (C=O) groups is 2. The number of benzene rings is 1. The molecular weight excluding hydrogens is 292 g/mol. The van der Waals surface area contributed by atoms with Crippen molar-refractivity contribution in [3.8, 4) is 0 Å². The highest BCUT2D eigenvalue weighted by Crippen LogP contribution is 2.29. The van der Waals surface area contributed by atoms with Crippen molar-refractivity contribution in [2.45, 2.75) is 32.7 Å². The third-order valence-electron chi connectivity index (χ3n) is 4.72. The zero-order valence-electron chi connectivity index (χ0n) is 14.3. The van der Waals surface area contributed by atoms with Gasteiger partial charge in [-0.15, -0.1) is 0 Å². The van der Waals surface area contributed by atoms with Crippen LogP contribution in [0.15, 0.2) is 18.2 Å². The van der Waals surface area contributed by atoms with Gasteiger partial charge in [0.2, 0.25) is 5.91 Å². The van der Waals surface area contributed by atoms with Crippen molar-refractivity contribution in [1.82, 2.24) is 5.32 Å². The van der Waals surface area contributed by atoms with E-state index in [4.69, 9.17) is 5.73 Å². The highest BCUT2D eigenvalue weighted by molar-refractivity contribution is 6.01. The van der Waals surface area contributed by atoms with E-state index >= 15 is 0 Å². The molecule has 0 saturated heterocycles. The van der Waals surface area contributed by atoms with Crippen molar-refractivity contribution in [3.05, 3.63) is 23.8 Å². The van der Waals surface area contributed by atoms with Crippen LogP contribution in [0.2, 0.25) is 0 Å². The van der Waals surface area contributed by atoms with Crippen LogP contribution in [0.5, 0.6) is 0 Å². The molecule has 0 aromatic heterocycles. The molecule has 1 atom stereocenters. The number of hydrogen-bond acceptors (Lipinski definition) is 4. The van der Waals surface area contributed by atoms with E-state index in [0.29, 0.717) is 30.8 Å². The fourth-order valence-electron chi connectivity index (χ4n) is 2.48. The maximum atomic E-state index is 12.6. The Morgan fingerprint density at radius 3 is 2.78 bits per heavy atom. The van der Waals surface area contributed by atoms with Crippen molar-refractivity contribution in [2.24, 2.45) is 11.7 Å². The summed E-state index contributed by atoms with van der Waals surface area (Å²) in [7, 11) is 1.93. The third-order valence-corrected chi connectivity index (χ3v) is 4.72. The summed E-state index contributed by atoms with van der Waals surface area (Å²) in [6.45, 7) is 7.01. The molecule has 0 saturated carbocycles. The zero-order chi connectivity index (χ0) is 17.2. The molecule has 0 aliphatic carbocycles. The minimum atomic E-state index is -0.468. The Bertz CT molecular complexity index is 615. The first kappa shape index (κ1) is 17.3. The Morgan fingerprint density at radius 2 is 2.17 bits per heavy atom. The van der Waals surface area contributed by atoms with E-state index in [1.54, 1.807) is 12.1 Å². The molecule has 1 aliphatic heterocycles. The van der Waals surface area contributed by atoms with Gasteiger partial charge in [0.15, 0.2) is 0 Å². The monoisotopic (exact) mass is 318 g/mol. The molecule has 2 amide bonds. The molecule has 2 rings (SSSR count). The van der Waals surface area contributed by atoms with Crippen molar-refractivity contribution in [2.75, 3.05) is 30.4 Å². The molecule has 0 fully saturated rings. The SMILES string of the molecule is CC(C)C(C)(CN)NC(=O)c1ccc2c(c1)NC(=O)CCN2C. The number of hydrogen-bond donors (Lipinski definition) is 3. The number of fused-ring (bicyclic) bond motifs is 1. The average Bonchev–Trinajstić information content (AvgIpc) is 2.65. The molecule has 6 heteroatoms. The fraction of sp³-hybridized carbons (Fsp3) is 0.529. The Labute approximate surface area is 137 Å². The van der Waals surface area contributed by atoms with E-state index < -0.39 is 5.54 Å². The van der Waals surface area contributed by atoms with Gasteiger partial charge >= 0.3 is 0 Å². The number of anilines is 2. The Morgan fingerprint density at radius 1 is 1.48 bits per heavy atom. The van der Waals surface area contributed by atoms with Gasteiger partial charge in [0.05, 0.1) is 16.9 Å². The quantitative estimate of drug-likeness (QED) is 0.786. The summed E-state index contributed by atoms with van der Waals surface area (Å²) in [5, 5.41) is 5.88. The normalized spacial score (nSPS) is 17.1. The molecule has 1 aromatic rings. The van der Waals surface area contributed by atoms with Gasteiger partial charge in [-0.2, -0.15) is 0 Å². The summed E-state index contributed by atoms with van der Waals surface area (Å²) >= 11 is 0. The van der Waals surface area contributed by atoms with Crippen LogP contribution < -0.4 is 21.3 Å². The van der Waals surface area contributed by atoms with E-state index in [1.807, 2.05) is 38.8 Å². The average molecular weight is 318 g/mol. The summed E-state index contributed by atoms with van der Waals surface area (Å²) in [6, 6.07) is 5.37. The molecule has 1 unspecified atom stereocenters. The highest BCUT2D eigenvalue weighted by atomic mass is 16.2. The van der Waals surface area contributed by atoms with Crippen molar-refractivity contribution in [1.29, 1.82) is 0 Å². The van der Waals surface area contributed by atoms with Gasteiger partial charge < -0.3 is 21.3 Å². The number of amides is 2. The molecule has 6 nitrogen and oxygen atoms in total. The van der Waals surface area contributed by atoms with Crippen molar-refractivity contribution >= 4 is 23.2 Å². The standard InChI is InChI=1S/C17H26N4O2/c1-11(2)17(3,10-18)20-16(23)12-5-6-14-13(9-12)19-15(22)7-8-21(14)4/h5-6,9,11H,7-8,10,18H2,1-4H3,(H,19,22)(H,20,23). The lowest BCUT2D eigenvalue weighted by molar-refractivity contribution is -0.115. The smallest absolute Gasteiger partial charge is 0.251 e. The van der Waals surface area contributed by atoms with Gasteiger partial charge in [-0.1, -0.05) is 13.8 Å². The predicted octanol–water partition coefficient (Wildman–Crippen LogP) is 1.57.